The van der Waals surface area contributed by atoms with Crippen molar-refractivity contribution >= 4 is 34.4 Å². The molecule has 0 fully saturated rings. The summed E-state index contributed by atoms with van der Waals surface area (Å²) in [7, 11) is 0. The summed E-state index contributed by atoms with van der Waals surface area (Å²) >= 11 is 6.25. The van der Waals surface area contributed by atoms with E-state index >= 15 is 0 Å². The molecule has 0 aliphatic rings. The van der Waals surface area contributed by atoms with Gasteiger partial charge >= 0.3 is 0 Å². The molecule has 4 heteroatoms. The zero-order valence-corrected chi connectivity index (χ0v) is 14.9. The van der Waals surface area contributed by atoms with Crippen LogP contribution in [0.5, 0.6) is 0 Å². The number of carbonyl (C=O) groups excluding carboxylic acids is 1. The maximum atomic E-state index is 11.7. The molecular formula is C18H22NOPS. The number of carbonyl (C=O) groups is 1. The summed E-state index contributed by atoms with van der Waals surface area (Å²) in [6.45, 7) is 5.80. The fourth-order valence-electron chi connectivity index (χ4n) is 2.65. The summed E-state index contributed by atoms with van der Waals surface area (Å²) in [6, 6.07) is 18.3. The molecule has 0 unspecified atom stereocenters. The molecule has 1 N–H and O–H groups in total. The molecule has 2 aromatic rings. The van der Waals surface area contributed by atoms with E-state index in [1.54, 1.807) is 6.92 Å². The van der Waals surface area contributed by atoms with Crippen LogP contribution in [0.4, 0.5) is 0 Å². The second kappa shape index (κ2) is 7.21. The molecule has 0 aliphatic heterocycles. The van der Waals surface area contributed by atoms with E-state index in [1.165, 1.54) is 0 Å². The Morgan fingerprint density at radius 1 is 0.955 bits per heavy atom. The second-order valence-electron chi connectivity index (χ2n) is 5.72. The van der Waals surface area contributed by atoms with Crippen LogP contribution in [-0.2, 0) is 16.6 Å². The summed E-state index contributed by atoms with van der Waals surface area (Å²) in [4.78, 5) is 11.7. The van der Waals surface area contributed by atoms with Gasteiger partial charge in [0.05, 0.1) is 5.78 Å². The standard InChI is InChI=1S/C18H22NOPS/c1-14(2)18(19-15(3)20)21(22,16-10-6-4-7-11-16)17-12-8-5-9-13-17/h4-14,18H,1-3H3,(H,19,20)/t18-/m0/s1. The Bertz CT molecular complexity index is 627. The molecule has 1 amide bonds. The molecule has 116 valence electrons. The van der Waals surface area contributed by atoms with E-state index in [1.807, 2.05) is 36.4 Å². The van der Waals surface area contributed by atoms with Crippen molar-refractivity contribution in [2.75, 3.05) is 0 Å². The highest BCUT2D eigenvalue weighted by molar-refractivity contribution is 8.22. The van der Waals surface area contributed by atoms with Crippen LogP contribution in [0.25, 0.3) is 0 Å². The van der Waals surface area contributed by atoms with Crippen molar-refractivity contribution in [1.29, 1.82) is 0 Å². The van der Waals surface area contributed by atoms with E-state index in [0.29, 0.717) is 0 Å². The van der Waals surface area contributed by atoms with Crippen LogP contribution in [0.1, 0.15) is 20.8 Å². The van der Waals surface area contributed by atoms with Crippen molar-refractivity contribution in [3.8, 4) is 0 Å². The molecule has 2 nitrogen and oxygen atoms in total. The fourth-order valence-corrected chi connectivity index (χ4v) is 7.65. The minimum atomic E-state index is -2.14. The summed E-state index contributed by atoms with van der Waals surface area (Å²) < 4.78 is 0. The molecule has 0 bridgehead atoms. The zero-order valence-electron chi connectivity index (χ0n) is 13.2. The van der Waals surface area contributed by atoms with E-state index in [4.69, 9.17) is 11.8 Å². The highest BCUT2D eigenvalue weighted by atomic mass is 32.4. The summed E-state index contributed by atoms with van der Waals surface area (Å²) in [5.41, 5.74) is 0. The maximum absolute atomic E-state index is 11.7. The second-order valence-corrected chi connectivity index (χ2v) is 10.4. The van der Waals surface area contributed by atoms with Gasteiger partial charge in [-0.15, -0.1) is 0 Å². The first-order valence-electron chi connectivity index (χ1n) is 7.44. The third-order valence-corrected chi connectivity index (χ3v) is 9.24. The van der Waals surface area contributed by atoms with Gasteiger partial charge in [0, 0.05) is 13.0 Å². The third kappa shape index (κ3) is 3.48. The number of hydrogen-bond donors (Lipinski definition) is 1. The number of amides is 1. The summed E-state index contributed by atoms with van der Waals surface area (Å²) in [5.74, 6) is 0.180. The molecule has 0 aromatic heterocycles. The molecule has 22 heavy (non-hydrogen) atoms. The van der Waals surface area contributed by atoms with Gasteiger partial charge in [0.15, 0.2) is 0 Å². The van der Waals surface area contributed by atoms with Crippen LogP contribution in [0.15, 0.2) is 60.7 Å². The quantitative estimate of drug-likeness (QED) is 0.852. The largest absolute Gasteiger partial charge is 0.348 e. The normalized spacial score (nSPS) is 12.9. The number of hydrogen-bond acceptors (Lipinski definition) is 2. The van der Waals surface area contributed by atoms with E-state index in [2.05, 4.69) is 43.4 Å². The lowest BCUT2D eigenvalue weighted by molar-refractivity contribution is -0.119. The SMILES string of the molecule is CC(=O)N[C@H](C(C)C)P(=S)(c1ccccc1)c1ccccc1. The van der Waals surface area contributed by atoms with Crippen molar-refractivity contribution < 1.29 is 4.79 Å². The van der Waals surface area contributed by atoms with Crippen LogP contribution < -0.4 is 15.9 Å². The van der Waals surface area contributed by atoms with Crippen LogP contribution in [0.3, 0.4) is 0 Å². The smallest absolute Gasteiger partial charge is 0.217 e. The van der Waals surface area contributed by atoms with Crippen LogP contribution in [-0.4, -0.2) is 11.7 Å². The molecule has 0 aliphatic carbocycles. The first kappa shape index (κ1) is 16.9. The minimum Gasteiger partial charge on any atom is -0.348 e. The first-order valence-corrected chi connectivity index (χ1v) is 10.3. The topological polar surface area (TPSA) is 29.1 Å². The Hall–Kier alpha value is -1.44. The maximum Gasteiger partial charge on any atom is 0.217 e. The Balaban J connectivity index is 2.64. The molecule has 0 saturated heterocycles. The van der Waals surface area contributed by atoms with Crippen molar-refractivity contribution in [1.82, 2.24) is 5.32 Å². The van der Waals surface area contributed by atoms with Gasteiger partial charge in [0.25, 0.3) is 0 Å². The molecule has 0 heterocycles. The predicted molar refractivity (Wildman–Crippen MR) is 98.9 cm³/mol. The first-order chi connectivity index (χ1) is 10.5. The van der Waals surface area contributed by atoms with E-state index in [9.17, 15) is 4.79 Å². The van der Waals surface area contributed by atoms with Gasteiger partial charge in [0.2, 0.25) is 5.91 Å². The molecule has 0 spiro atoms. The summed E-state index contributed by atoms with van der Waals surface area (Å²) in [6.07, 6.45) is 0. The number of nitrogens with one attached hydrogen (secondary N) is 1. The van der Waals surface area contributed by atoms with Gasteiger partial charge in [-0.25, -0.2) is 0 Å². The Morgan fingerprint density at radius 2 is 1.36 bits per heavy atom. The van der Waals surface area contributed by atoms with Crippen molar-refractivity contribution in [2.45, 2.75) is 26.6 Å². The highest BCUT2D eigenvalue weighted by Crippen LogP contribution is 2.50. The monoisotopic (exact) mass is 331 g/mol. The van der Waals surface area contributed by atoms with Gasteiger partial charge in [-0.1, -0.05) is 86.3 Å². The summed E-state index contributed by atoms with van der Waals surface area (Å²) in [5, 5.41) is 5.41. The van der Waals surface area contributed by atoms with Crippen molar-refractivity contribution in [2.24, 2.45) is 5.92 Å². The molecular weight excluding hydrogens is 309 g/mol. The van der Waals surface area contributed by atoms with Gasteiger partial charge in [0.1, 0.15) is 0 Å². The van der Waals surface area contributed by atoms with Crippen LogP contribution in [0.2, 0.25) is 0 Å². The van der Waals surface area contributed by atoms with Gasteiger partial charge in [-0.05, 0) is 16.5 Å². The zero-order chi connectivity index (χ0) is 16.2. The third-order valence-electron chi connectivity index (χ3n) is 3.65. The lowest BCUT2D eigenvalue weighted by atomic mass is 10.2. The molecule has 2 aromatic carbocycles. The number of benzene rings is 2. The molecule has 1 atom stereocenters. The molecule has 2 rings (SSSR count). The average molecular weight is 331 g/mol. The Morgan fingerprint density at radius 3 is 1.68 bits per heavy atom. The van der Waals surface area contributed by atoms with E-state index in [0.717, 1.165) is 10.6 Å². The molecule has 0 saturated carbocycles. The Kier molecular flexibility index (Phi) is 5.55. The average Bonchev–Trinajstić information content (AvgIpc) is 2.53. The Labute approximate surface area is 138 Å². The van der Waals surface area contributed by atoms with Crippen molar-refractivity contribution in [3.05, 3.63) is 60.7 Å². The van der Waals surface area contributed by atoms with Crippen LogP contribution >= 0.6 is 6.04 Å². The number of rotatable bonds is 5. The lowest BCUT2D eigenvalue weighted by Crippen LogP contribution is -2.42. The van der Waals surface area contributed by atoms with Gasteiger partial charge < -0.3 is 5.32 Å². The van der Waals surface area contributed by atoms with Crippen molar-refractivity contribution in [3.63, 3.8) is 0 Å². The van der Waals surface area contributed by atoms with E-state index in [-0.39, 0.29) is 17.6 Å². The van der Waals surface area contributed by atoms with Crippen LogP contribution in [0, 0.1) is 5.92 Å². The predicted octanol–water partition coefficient (Wildman–Crippen LogP) is 3.24. The fraction of sp³-hybridized carbons (Fsp3) is 0.278. The van der Waals surface area contributed by atoms with Gasteiger partial charge in [-0.3, -0.25) is 4.79 Å². The molecule has 0 radical (unpaired) electrons. The van der Waals surface area contributed by atoms with E-state index < -0.39 is 6.04 Å². The highest BCUT2D eigenvalue weighted by Gasteiger charge is 2.34. The van der Waals surface area contributed by atoms with Gasteiger partial charge in [-0.2, -0.15) is 0 Å². The minimum absolute atomic E-state index is 0.0280. The lowest BCUT2D eigenvalue weighted by Gasteiger charge is -2.35.